The lowest BCUT2D eigenvalue weighted by atomic mass is 9.95. The van der Waals surface area contributed by atoms with E-state index >= 15 is 0 Å². The quantitative estimate of drug-likeness (QED) is 0.712. The second-order valence-electron chi connectivity index (χ2n) is 6.28. The Bertz CT molecular complexity index is 843. The standard InChI is InChI=1S/C19H21N5O2/c1-12(2)17(13-8-10-16(26-3)11-9-13)20-19(25)15-6-4-14(5-7-15)18-21-23-24-22-18/h4-12,17H,1-3H3,(H,20,25)(H,21,22,23,24). The van der Waals surface area contributed by atoms with Crippen LogP contribution in [0.3, 0.4) is 0 Å². The van der Waals surface area contributed by atoms with Crippen molar-refractivity contribution in [2.45, 2.75) is 19.9 Å². The van der Waals surface area contributed by atoms with E-state index in [-0.39, 0.29) is 17.9 Å². The zero-order valence-electron chi connectivity index (χ0n) is 14.9. The molecule has 3 aromatic rings. The van der Waals surface area contributed by atoms with Gasteiger partial charge in [0.15, 0.2) is 0 Å². The SMILES string of the molecule is COc1ccc(C(NC(=O)c2ccc(-c3nn[nH]n3)cc2)C(C)C)cc1. The molecule has 1 amide bonds. The lowest BCUT2D eigenvalue weighted by Crippen LogP contribution is -2.31. The fourth-order valence-electron chi connectivity index (χ4n) is 2.73. The van der Waals surface area contributed by atoms with Crippen LogP contribution in [0.25, 0.3) is 11.4 Å². The van der Waals surface area contributed by atoms with Crippen LogP contribution < -0.4 is 10.1 Å². The van der Waals surface area contributed by atoms with Crippen LogP contribution in [0.1, 0.15) is 35.8 Å². The molecule has 2 N–H and O–H groups in total. The first kappa shape index (κ1) is 17.6. The van der Waals surface area contributed by atoms with Gasteiger partial charge < -0.3 is 10.1 Å². The summed E-state index contributed by atoms with van der Waals surface area (Å²) in [7, 11) is 1.63. The Hall–Kier alpha value is -3.22. The molecular weight excluding hydrogens is 330 g/mol. The summed E-state index contributed by atoms with van der Waals surface area (Å²) in [6.07, 6.45) is 0. The van der Waals surface area contributed by atoms with Gasteiger partial charge in [-0.25, -0.2) is 0 Å². The van der Waals surface area contributed by atoms with E-state index in [4.69, 9.17) is 4.74 Å². The normalized spacial score (nSPS) is 12.0. The number of carbonyl (C=O) groups is 1. The molecule has 26 heavy (non-hydrogen) atoms. The molecule has 0 fully saturated rings. The molecule has 0 aliphatic heterocycles. The molecule has 1 unspecified atom stereocenters. The molecule has 0 radical (unpaired) electrons. The van der Waals surface area contributed by atoms with E-state index in [9.17, 15) is 4.79 Å². The summed E-state index contributed by atoms with van der Waals surface area (Å²) in [4.78, 5) is 12.7. The maximum atomic E-state index is 12.7. The number of benzene rings is 2. The van der Waals surface area contributed by atoms with Gasteiger partial charge in [-0.3, -0.25) is 4.79 Å². The van der Waals surface area contributed by atoms with Gasteiger partial charge in [0.2, 0.25) is 5.82 Å². The van der Waals surface area contributed by atoms with Gasteiger partial charge in [0.05, 0.1) is 13.2 Å². The summed E-state index contributed by atoms with van der Waals surface area (Å²) < 4.78 is 5.20. The number of ether oxygens (including phenoxy) is 1. The largest absolute Gasteiger partial charge is 0.497 e. The number of carbonyl (C=O) groups excluding carboxylic acids is 1. The fourth-order valence-corrected chi connectivity index (χ4v) is 2.73. The smallest absolute Gasteiger partial charge is 0.251 e. The molecule has 0 saturated heterocycles. The van der Waals surface area contributed by atoms with Gasteiger partial charge in [-0.1, -0.05) is 38.1 Å². The average Bonchev–Trinajstić information content (AvgIpc) is 3.21. The van der Waals surface area contributed by atoms with E-state index in [1.165, 1.54) is 0 Å². The number of H-pyrrole nitrogens is 1. The van der Waals surface area contributed by atoms with Crippen LogP contribution in [0, 0.1) is 5.92 Å². The Morgan fingerprint density at radius 1 is 1.08 bits per heavy atom. The molecule has 7 nitrogen and oxygen atoms in total. The zero-order valence-corrected chi connectivity index (χ0v) is 14.9. The Morgan fingerprint density at radius 3 is 2.31 bits per heavy atom. The number of nitrogens with zero attached hydrogens (tertiary/aromatic N) is 3. The molecule has 3 rings (SSSR count). The van der Waals surface area contributed by atoms with Crippen molar-refractivity contribution in [3.8, 4) is 17.1 Å². The van der Waals surface area contributed by atoms with E-state index in [1.54, 1.807) is 31.4 Å². The molecule has 7 heteroatoms. The van der Waals surface area contributed by atoms with Crippen molar-refractivity contribution in [1.82, 2.24) is 25.9 Å². The van der Waals surface area contributed by atoms with Gasteiger partial charge in [0.25, 0.3) is 5.91 Å². The number of hydrogen-bond acceptors (Lipinski definition) is 5. The third-order valence-corrected chi connectivity index (χ3v) is 4.18. The zero-order chi connectivity index (χ0) is 18.5. The summed E-state index contributed by atoms with van der Waals surface area (Å²) in [5.74, 6) is 1.40. The van der Waals surface area contributed by atoms with Gasteiger partial charge in [0, 0.05) is 11.1 Å². The van der Waals surface area contributed by atoms with Crippen LogP contribution in [-0.4, -0.2) is 33.6 Å². The van der Waals surface area contributed by atoms with Crippen LogP contribution in [0.5, 0.6) is 5.75 Å². The van der Waals surface area contributed by atoms with Gasteiger partial charge in [-0.15, -0.1) is 10.2 Å². The maximum Gasteiger partial charge on any atom is 0.251 e. The summed E-state index contributed by atoms with van der Waals surface area (Å²) in [6, 6.07) is 14.8. The van der Waals surface area contributed by atoms with Crippen molar-refractivity contribution >= 4 is 5.91 Å². The monoisotopic (exact) mass is 351 g/mol. The number of methoxy groups -OCH3 is 1. The highest BCUT2D eigenvalue weighted by Gasteiger charge is 2.19. The van der Waals surface area contributed by atoms with Crippen LogP contribution in [-0.2, 0) is 0 Å². The van der Waals surface area contributed by atoms with Crippen molar-refractivity contribution in [2.24, 2.45) is 5.92 Å². The number of amides is 1. The highest BCUT2D eigenvalue weighted by atomic mass is 16.5. The molecule has 0 aliphatic rings. The predicted molar refractivity (Wildman–Crippen MR) is 97.7 cm³/mol. The van der Waals surface area contributed by atoms with Gasteiger partial charge in [0.1, 0.15) is 5.75 Å². The molecule has 1 atom stereocenters. The fraction of sp³-hybridized carbons (Fsp3) is 0.263. The molecule has 1 aromatic heterocycles. The van der Waals surface area contributed by atoms with E-state index in [0.29, 0.717) is 11.4 Å². The number of aromatic amines is 1. The van der Waals surface area contributed by atoms with Crippen molar-refractivity contribution in [1.29, 1.82) is 0 Å². The van der Waals surface area contributed by atoms with Crippen molar-refractivity contribution < 1.29 is 9.53 Å². The highest BCUT2D eigenvalue weighted by Crippen LogP contribution is 2.24. The number of hydrogen-bond donors (Lipinski definition) is 2. The van der Waals surface area contributed by atoms with Gasteiger partial charge >= 0.3 is 0 Å². The molecule has 134 valence electrons. The van der Waals surface area contributed by atoms with Gasteiger partial charge in [-0.2, -0.15) is 5.21 Å². The van der Waals surface area contributed by atoms with Crippen LogP contribution in [0.4, 0.5) is 0 Å². The van der Waals surface area contributed by atoms with Gasteiger partial charge in [-0.05, 0) is 41.0 Å². The van der Waals surface area contributed by atoms with Crippen LogP contribution in [0.15, 0.2) is 48.5 Å². The van der Waals surface area contributed by atoms with E-state index in [2.05, 4.69) is 39.8 Å². The van der Waals surface area contributed by atoms with Crippen molar-refractivity contribution in [3.63, 3.8) is 0 Å². The Labute approximate surface area is 151 Å². The molecule has 1 heterocycles. The molecule has 0 spiro atoms. The lowest BCUT2D eigenvalue weighted by molar-refractivity contribution is 0.0925. The van der Waals surface area contributed by atoms with Crippen LogP contribution in [0.2, 0.25) is 0 Å². The topological polar surface area (TPSA) is 92.8 Å². The first-order valence-corrected chi connectivity index (χ1v) is 8.37. The summed E-state index contributed by atoms with van der Waals surface area (Å²) in [5.41, 5.74) is 2.42. The summed E-state index contributed by atoms with van der Waals surface area (Å²) in [5, 5.41) is 16.9. The number of rotatable bonds is 6. The third kappa shape index (κ3) is 3.88. The lowest BCUT2D eigenvalue weighted by Gasteiger charge is -2.23. The van der Waals surface area contributed by atoms with Crippen molar-refractivity contribution in [3.05, 3.63) is 59.7 Å². The average molecular weight is 351 g/mol. The molecule has 0 bridgehead atoms. The minimum atomic E-state index is -0.126. The highest BCUT2D eigenvalue weighted by molar-refractivity contribution is 5.94. The first-order chi connectivity index (χ1) is 12.6. The molecule has 0 aliphatic carbocycles. The molecular formula is C19H21N5O2. The second kappa shape index (κ2) is 7.77. The molecule has 0 saturated carbocycles. The Balaban J connectivity index is 1.75. The van der Waals surface area contributed by atoms with E-state index in [0.717, 1.165) is 16.9 Å². The second-order valence-corrected chi connectivity index (χ2v) is 6.28. The first-order valence-electron chi connectivity index (χ1n) is 8.37. The number of aromatic nitrogens is 4. The Kier molecular flexibility index (Phi) is 5.26. The summed E-state index contributed by atoms with van der Waals surface area (Å²) in [6.45, 7) is 4.16. The Morgan fingerprint density at radius 2 is 1.77 bits per heavy atom. The minimum absolute atomic E-state index is 0.0923. The minimum Gasteiger partial charge on any atom is -0.497 e. The third-order valence-electron chi connectivity index (χ3n) is 4.18. The summed E-state index contributed by atoms with van der Waals surface area (Å²) >= 11 is 0. The van der Waals surface area contributed by atoms with Crippen LogP contribution >= 0.6 is 0 Å². The number of tetrazole rings is 1. The maximum absolute atomic E-state index is 12.7. The van der Waals surface area contributed by atoms with E-state index in [1.807, 2.05) is 24.3 Å². The van der Waals surface area contributed by atoms with E-state index < -0.39 is 0 Å². The molecule has 2 aromatic carbocycles. The number of nitrogens with one attached hydrogen (secondary N) is 2. The predicted octanol–water partition coefficient (Wildman–Crippen LogP) is 3.00. The van der Waals surface area contributed by atoms with Crippen molar-refractivity contribution in [2.75, 3.05) is 7.11 Å².